The first-order chi connectivity index (χ1) is 8.83. The van der Waals surface area contributed by atoms with Crippen molar-refractivity contribution in [2.75, 3.05) is 7.05 Å². The lowest BCUT2D eigenvalue weighted by molar-refractivity contribution is 0.247. The van der Waals surface area contributed by atoms with E-state index in [1.807, 2.05) is 6.20 Å². The number of hydrogen-bond acceptors (Lipinski definition) is 2. The number of aryl methyl sites for hydroxylation is 1. The molecule has 2 fully saturated rings. The summed E-state index contributed by atoms with van der Waals surface area (Å²) >= 11 is 0. The number of imidazole rings is 1. The van der Waals surface area contributed by atoms with Crippen molar-refractivity contribution in [1.29, 1.82) is 0 Å². The average molecular weight is 247 g/mol. The smallest absolute Gasteiger partial charge is 0.126 e. The van der Waals surface area contributed by atoms with Gasteiger partial charge in [0.25, 0.3) is 0 Å². The summed E-state index contributed by atoms with van der Waals surface area (Å²) in [5.41, 5.74) is 0. The van der Waals surface area contributed by atoms with Crippen LogP contribution in [-0.4, -0.2) is 16.6 Å². The maximum atomic E-state index is 4.63. The van der Waals surface area contributed by atoms with Gasteiger partial charge in [0.15, 0.2) is 0 Å². The maximum Gasteiger partial charge on any atom is 0.126 e. The summed E-state index contributed by atoms with van der Waals surface area (Å²) in [6.07, 6.45) is 11.1. The molecule has 3 heteroatoms. The highest BCUT2D eigenvalue weighted by molar-refractivity contribution is 5.06. The molecule has 4 unspecified atom stereocenters. The van der Waals surface area contributed by atoms with Gasteiger partial charge in [0.05, 0.1) is 6.04 Å². The Morgan fingerprint density at radius 1 is 1.44 bits per heavy atom. The first kappa shape index (κ1) is 12.2. The van der Waals surface area contributed by atoms with Gasteiger partial charge < -0.3 is 9.88 Å². The van der Waals surface area contributed by atoms with E-state index >= 15 is 0 Å². The van der Waals surface area contributed by atoms with Crippen LogP contribution in [0.25, 0.3) is 0 Å². The predicted octanol–water partition coefficient (Wildman–Crippen LogP) is 2.99. The van der Waals surface area contributed by atoms with Gasteiger partial charge in [-0.15, -0.1) is 0 Å². The van der Waals surface area contributed by atoms with E-state index in [0.29, 0.717) is 6.04 Å². The minimum absolute atomic E-state index is 0.460. The molecule has 0 amide bonds. The molecule has 1 N–H and O–H groups in total. The zero-order valence-electron chi connectivity index (χ0n) is 11.6. The van der Waals surface area contributed by atoms with Gasteiger partial charge in [-0.2, -0.15) is 0 Å². The molecule has 0 radical (unpaired) electrons. The van der Waals surface area contributed by atoms with Gasteiger partial charge in [0, 0.05) is 18.9 Å². The first-order valence-corrected chi connectivity index (χ1v) is 7.51. The van der Waals surface area contributed by atoms with Gasteiger partial charge in [-0.25, -0.2) is 4.98 Å². The normalized spacial score (nSPS) is 32.0. The van der Waals surface area contributed by atoms with Crippen LogP contribution in [0.5, 0.6) is 0 Å². The fourth-order valence-electron chi connectivity index (χ4n) is 4.27. The van der Waals surface area contributed by atoms with E-state index in [-0.39, 0.29) is 0 Å². The van der Waals surface area contributed by atoms with Crippen LogP contribution in [0, 0.1) is 17.8 Å². The average Bonchev–Trinajstić information content (AvgIpc) is 3.07. The first-order valence-electron chi connectivity index (χ1n) is 7.51. The van der Waals surface area contributed by atoms with Crippen molar-refractivity contribution < 1.29 is 0 Å². The molecular formula is C15H25N3. The third kappa shape index (κ3) is 1.99. The van der Waals surface area contributed by atoms with Crippen LogP contribution in [0.1, 0.15) is 50.9 Å². The second kappa shape index (κ2) is 5.04. The molecule has 2 saturated carbocycles. The zero-order valence-corrected chi connectivity index (χ0v) is 11.6. The van der Waals surface area contributed by atoms with E-state index in [9.17, 15) is 0 Å². The molecule has 4 atom stereocenters. The Hall–Kier alpha value is -0.830. The van der Waals surface area contributed by atoms with Crippen LogP contribution in [0.3, 0.4) is 0 Å². The highest BCUT2D eigenvalue weighted by Crippen LogP contribution is 2.52. The van der Waals surface area contributed by atoms with Crippen molar-refractivity contribution in [2.45, 2.75) is 51.6 Å². The van der Waals surface area contributed by atoms with Gasteiger partial charge in [0.1, 0.15) is 5.82 Å². The Morgan fingerprint density at radius 2 is 2.33 bits per heavy atom. The van der Waals surface area contributed by atoms with Crippen molar-refractivity contribution in [1.82, 2.24) is 14.9 Å². The second-order valence-corrected chi connectivity index (χ2v) is 6.08. The summed E-state index contributed by atoms with van der Waals surface area (Å²) in [4.78, 5) is 4.63. The quantitative estimate of drug-likeness (QED) is 0.867. The fourth-order valence-corrected chi connectivity index (χ4v) is 4.27. The van der Waals surface area contributed by atoms with E-state index in [1.54, 1.807) is 0 Å². The van der Waals surface area contributed by atoms with Crippen LogP contribution < -0.4 is 5.32 Å². The molecule has 1 aromatic heterocycles. The molecule has 18 heavy (non-hydrogen) atoms. The Morgan fingerprint density at radius 3 is 2.94 bits per heavy atom. The molecule has 2 bridgehead atoms. The number of rotatable bonds is 5. The standard InChI is InChI=1S/C15H25N3/c1-3-7-18-8-6-17-15(18)14(16-2)13-10-11-4-5-12(13)9-11/h6,8,11-14,16H,3-5,7,9-10H2,1-2H3. The van der Waals surface area contributed by atoms with E-state index in [0.717, 1.165) is 24.3 Å². The third-order valence-corrected chi connectivity index (χ3v) is 5.02. The maximum absolute atomic E-state index is 4.63. The van der Waals surface area contributed by atoms with Crippen molar-refractivity contribution in [3.05, 3.63) is 18.2 Å². The van der Waals surface area contributed by atoms with Gasteiger partial charge in [-0.3, -0.25) is 0 Å². The SMILES string of the molecule is CCCn1ccnc1C(NC)C1CC2CCC1C2. The van der Waals surface area contributed by atoms with Crippen LogP contribution >= 0.6 is 0 Å². The fraction of sp³-hybridized carbons (Fsp3) is 0.800. The molecular weight excluding hydrogens is 222 g/mol. The van der Waals surface area contributed by atoms with E-state index in [4.69, 9.17) is 0 Å². The van der Waals surface area contributed by atoms with E-state index in [2.05, 4.69) is 35.0 Å². The molecule has 100 valence electrons. The zero-order chi connectivity index (χ0) is 12.5. The lowest BCUT2D eigenvalue weighted by Crippen LogP contribution is -2.31. The van der Waals surface area contributed by atoms with Crippen molar-refractivity contribution >= 4 is 0 Å². The molecule has 1 aromatic rings. The van der Waals surface area contributed by atoms with E-state index < -0.39 is 0 Å². The lowest BCUT2D eigenvalue weighted by atomic mass is 9.83. The van der Waals surface area contributed by atoms with Gasteiger partial charge in [-0.1, -0.05) is 13.3 Å². The summed E-state index contributed by atoms with van der Waals surface area (Å²) in [6, 6.07) is 0.460. The monoisotopic (exact) mass is 247 g/mol. The second-order valence-electron chi connectivity index (χ2n) is 6.08. The minimum atomic E-state index is 0.460. The van der Waals surface area contributed by atoms with Gasteiger partial charge in [-0.05, 0) is 50.5 Å². The van der Waals surface area contributed by atoms with Crippen molar-refractivity contribution in [3.8, 4) is 0 Å². The number of hydrogen-bond donors (Lipinski definition) is 1. The highest BCUT2D eigenvalue weighted by atomic mass is 15.1. The summed E-state index contributed by atoms with van der Waals surface area (Å²) < 4.78 is 2.34. The largest absolute Gasteiger partial charge is 0.334 e. The van der Waals surface area contributed by atoms with Crippen LogP contribution in [-0.2, 0) is 6.54 Å². The van der Waals surface area contributed by atoms with Crippen molar-refractivity contribution in [3.63, 3.8) is 0 Å². The third-order valence-electron chi connectivity index (χ3n) is 5.02. The highest BCUT2D eigenvalue weighted by Gasteiger charge is 2.44. The molecule has 2 aliphatic rings. The van der Waals surface area contributed by atoms with Crippen LogP contribution in [0.15, 0.2) is 12.4 Å². The lowest BCUT2D eigenvalue weighted by Gasteiger charge is -2.30. The molecule has 3 nitrogen and oxygen atoms in total. The van der Waals surface area contributed by atoms with Gasteiger partial charge >= 0.3 is 0 Å². The van der Waals surface area contributed by atoms with Gasteiger partial charge in [0.2, 0.25) is 0 Å². The van der Waals surface area contributed by atoms with E-state index in [1.165, 1.54) is 37.9 Å². The Balaban J connectivity index is 1.81. The minimum Gasteiger partial charge on any atom is -0.334 e. The Kier molecular flexibility index (Phi) is 3.42. The molecule has 3 rings (SSSR count). The number of fused-ring (bicyclic) bond motifs is 2. The summed E-state index contributed by atoms with van der Waals surface area (Å²) in [5, 5.41) is 3.55. The molecule has 1 heterocycles. The Bertz CT molecular complexity index is 398. The van der Waals surface area contributed by atoms with Crippen LogP contribution in [0.4, 0.5) is 0 Å². The predicted molar refractivity (Wildman–Crippen MR) is 73.3 cm³/mol. The molecule has 0 aliphatic heterocycles. The molecule has 0 spiro atoms. The molecule has 2 aliphatic carbocycles. The Labute approximate surface area is 110 Å². The van der Waals surface area contributed by atoms with Crippen LogP contribution in [0.2, 0.25) is 0 Å². The molecule has 0 saturated heterocycles. The molecule has 0 aromatic carbocycles. The topological polar surface area (TPSA) is 29.9 Å². The summed E-state index contributed by atoms with van der Waals surface area (Å²) in [5.74, 6) is 4.02. The number of aromatic nitrogens is 2. The van der Waals surface area contributed by atoms with Crippen molar-refractivity contribution in [2.24, 2.45) is 17.8 Å². The number of nitrogens with one attached hydrogen (secondary N) is 1. The summed E-state index contributed by atoms with van der Waals surface area (Å²) in [7, 11) is 2.10. The summed E-state index contributed by atoms with van der Waals surface area (Å²) in [6.45, 7) is 3.32. The number of nitrogens with zero attached hydrogens (tertiary/aromatic N) is 2.